The lowest BCUT2D eigenvalue weighted by atomic mass is 9.80. The van der Waals surface area contributed by atoms with E-state index in [-0.39, 0.29) is 11.6 Å². The van der Waals surface area contributed by atoms with Crippen molar-refractivity contribution in [3.63, 3.8) is 0 Å². The number of aliphatic imine (C=N–C) groups is 1. The second-order valence-electron chi connectivity index (χ2n) is 16.1. The molecule has 0 amide bonds. The summed E-state index contributed by atoms with van der Waals surface area (Å²) in [7, 11) is 0. The highest BCUT2D eigenvalue weighted by Crippen LogP contribution is 2.51. The van der Waals surface area contributed by atoms with Crippen LogP contribution in [0.2, 0.25) is 0 Å². The summed E-state index contributed by atoms with van der Waals surface area (Å²) in [5.41, 5.74) is 15.6. The number of rotatable bonds is 7. The molecule has 1 aliphatic heterocycles. The van der Waals surface area contributed by atoms with E-state index < -0.39 is 6.29 Å². The van der Waals surface area contributed by atoms with Gasteiger partial charge in [-0.15, -0.1) is 11.3 Å². The van der Waals surface area contributed by atoms with Crippen molar-refractivity contribution in [3.05, 3.63) is 210 Å². The van der Waals surface area contributed by atoms with Crippen molar-refractivity contribution in [1.82, 2.24) is 10.6 Å². The number of para-hydroxylation sites is 1. The van der Waals surface area contributed by atoms with Crippen LogP contribution in [-0.4, -0.2) is 12.1 Å². The number of benzene rings is 8. The fourth-order valence-corrected chi connectivity index (χ4v) is 10.4. The van der Waals surface area contributed by atoms with Crippen molar-refractivity contribution in [2.24, 2.45) is 4.99 Å². The zero-order chi connectivity index (χ0) is 39.5. The third kappa shape index (κ3) is 6.22. The maximum Gasteiger partial charge on any atom is 0.177 e. The van der Waals surface area contributed by atoms with Crippen LogP contribution in [0.1, 0.15) is 42.3 Å². The van der Waals surface area contributed by atoms with Crippen molar-refractivity contribution in [1.29, 1.82) is 0 Å². The summed E-state index contributed by atoms with van der Waals surface area (Å²) in [6.07, 6.45) is -0.567. The molecule has 2 unspecified atom stereocenters. The van der Waals surface area contributed by atoms with Gasteiger partial charge in [-0.05, 0) is 86.0 Å². The number of anilines is 1. The van der Waals surface area contributed by atoms with Crippen LogP contribution in [0.25, 0.3) is 64.7 Å². The topological polar surface area (TPSA) is 48.5 Å². The Morgan fingerprint density at radius 3 is 1.90 bits per heavy atom. The van der Waals surface area contributed by atoms with E-state index >= 15 is 0 Å². The van der Waals surface area contributed by atoms with Gasteiger partial charge in [-0.3, -0.25) is 5.32 Å². The fraction of sp³-hybridized carbons (Fsp3) is 0.0926. The zero-order valence-corrected chi connectivity index (χ0v) is 33.7. The minimum atomic E-state index is -0.392. The number of amidine groups is 1. The van der Waals surface area contributed by atoms with Crippen LogP contribution in [0.5, 0.6) is 0 Å². The maximum absolute atomic E-state index is 5.19. The van der Waals surface area contributed by atoms with E-state index in [1.807, 2.05) is 17.4 Å². The minimum absolute atomic E-state index is 0.175. The predicted octanol–water partition coefficient (Wildman–Crippen LogP) is 13.4. The summed E-state index contributed by atoms with van der Waals surface area (Å²) in [4.78, 5) is 5.19. The van der Waals surface area contributed by atoms with E-state index in [0.29, 0.717) is 0 Å². The van der Waals surface area contributed by atoms with Crippen molar-refractivity contribution >= 4 is 43.0 Å². The number of nitrogens with zero attached hydrogens (tertiary/aromatic N) is 1. The molecule has 9 aromatic rings. The Hall–Kier alpha value is -6.79. The summed E-state index contributed by atoms with van der Waals surface area (Å²) < 4.78 is 2.68. The SMILES string of the molecule is CC1(C)c2cc(-c3ccccc3NC3N=C(c4ccccc4)NC(c4cccc(-c5ccccc5)c4)N3)ccc2-c2ccc(-c3cccc4c3sc3ccccc34)cc21. The van der Waals surface area contributed by atoms with Crippen molar-refractivity contribution in [2.45, 2.75) is 31.7 Å². The van der Waals surface area contributed by atoms with Gasteiger partial charge in [0, 0.05) is 42.4 Å². The number of hydrogen-bond donors (Lipinski definition) is 3. The summed E-state index contributed by atoms with van der Waals surface area (Å²) in [6.45, 7) is 4.75. The van der Waals surface area contributed by atoms with Gasteiger partial charge < -0.3 is 10.6 Å². The Morgan fingerprint density at radius 2 is 1.12 bits per heavy atom. The monoisotopic (exact) mass is 778 g/mol. The molecular weight excluding hydrogens is 737 g/mol. The summed E-state index contributed by atoms with van der Waals surface area (Å²) in [5.74, 6) is 0.842. The lowest BCUT2D eigenvalue weighted by Gasteiger charge is -2.33. The number of hydrogen-bond acceptors (Lipinski definition) is 5. The van der Waals surface area contributed by atoms with Crippen LogP contribution in [0, 0.1) is 0 Å². The molecule has 0 saturated carbocycles. The first kappa shape index (κ1) is 35.4. The quantitative estimate of drug-likeness (QED) is 0.151. The molecule has 8 aromatic carbocycles. The van der Waals surface area contributed by atoms with Crippen LogP contribution in [0.4, 0.5) is 5.69 Å². The Labute approximate surface area is 349 Å². The van der Waals surface area contributed by atoms with Gasteiger partial charge in [0.25, 0.3) is 0 Å². The van der Waals surface area contributed by atoms with Gasteiger partial charge >= 0.3 is 0 Å². The normalized spacial score (nSPS) is 16.6. The third-order valence-corrected chi connectivity index (χ3v) is 13.4. The third-order valence-electron chi connectivity index (χ3n) is 12.2. The molecule has 5 heteroatoms. The van der Waals surface area contributed by atoms with Crippen LogP contribution in [-0.2, 0) is 5.41 Å². The molecule has 4 nitrogen and oxygen atoms in total. The summed E-state index contributed by atoms with van der Waals surface area (Å²) >= 11 is 1.89. The van der Waals surface area contributed by atoms with Crippen molar-refractivity contribution in [3.8, 4) is 44.5 Å². The molecule has 59 heavy (non-hydrogen) atoms. The van der Waals surface area contributed by atoms with Gasteiger partial charge in [0.15, 0.2) is 6.29 Å². The van der Waals surface area contributed by atoms with E-state index in [1.54, 1.807) is 0 Å². The predicted molar refractivity (Wildman–Crippen MR) is 249 cm³/mol. The van der Waals surface area contributed by atoms with Crippen LogP contribution < -0.4 is 16.0 Å². The Morgan fingerprint density at radius 1 is 0.508 bits per heavy atom. The average Bonchev–Trinajstić information content (AvgIpc) is 3.78. The number of nitrogens with one attached hydrogen (secondary N) is 3. The van der Waals surface area contributed by atoms with Crippen LogP contribution in [0.3, 0.4) is 0 Å². The lowest BCUT2D eigenvalue weighted by Crippen LogP contribution is -2.51. The highest BCUT2D eigenvalue weighted by molar-refractivity contribution is 7.26. The van der Waals surface area contributed by atoms with E-state index in [9.17, 15) is 0 Å². The smallest absolute Gasteiger partial charge is 0.177 e. The molecule has 1 aliphatic carbocycles. The molecule has 0 spiro atoms. The molecular formula is C54H42N4S. The number of thiophene rings is 1. The van der Waals surface area contributed by atoms with Gasteiger partial charge in [-0.25, -0.2) is 4.99 Å². The molecule has 2 atom stereocenters. The van der Waals surface area contributed by atoms with E-state index in [4.69, 9.17) is 4.99 Å². The first-order chi connectivity index (χ1) is 29.0. The second kappa shape index (κ2) is 14.2. The standard InChI is InChI=1S/C54H42N4S/c1-54(2)46-32-37(27-29-42(46)43-30-28-38(33-47(43)54)41-23-14-24-45-44-22-10-12-26-49(44)59-50(41)45)40-21-9-11-25-48(40)55-53-57-51(35-17-7-4-8-18-35)56-52(58-53)39-20-13-19-36(31-39)34-15-5-3-6-16-34/h3-33,52-53,55,58H,1-2H3,(H,56,57). The molecule has 0 saturated heterocycles. The Kier molecular flexibility index (Phi) is 8.54. The largest absolute Gasteiger partial charge is 0.351 e. The zero-order valence-electron chi connectivity index (χ0n) is 32.9. The maximum atomic E-state index is 5.19. The molecule has 11 rings (SSSR count). The van der Waals surface area contributed by atoms with Crippen molar-refractivity contribution in [2.75, 3.05) is 5.32 Å². The van der Waals surface area contributed by atoms with Gasteiger partial charge in [0.05, 0.1) is 0 Å². The highest BCUT2D eigenvalue weighted by atomic mass is 32.1. The molecule has 1 aromatic heterocycles. The van der Waals surface area contributed by atoms with Gasteiger partial charge in [-0.2, -0.15) is 0 Å². The minimum Gasteiger partial charge on any atom is -0.351 e. The highest BCUT2D eigenvalue weighted by Gasteiger charge is 2.36. The van der Waals surface area contributed by atoms with Crippen LogP contribution >= 0.6 is 11.3 Å². The molecule has 2 heterocycles. The Bertz CT molecular complexity index is 3070. The van der Waals surface area contributed by atoms with E-state index in [2.05, 4.69) is 212 Å². The lowest BCUT2D eigenvalue weighted by molar-refractivity contribution is 0.426. The molecule has 3 N–H and O–H groups in total. The molecule has 0 fully saturated rings. The molecule has 2 aliphatic rings. The number of fused-ring (bicyclic) bond motifs is 6. The van der Waals surface area contributed by atoms with Crippen LogP contribution in [0.15, 0.2) is 193 Å². The Balaban J connectivity index is 0.923. The second-order valence-corrected chi connectivity index (χ2v) is 17.2. The van der Waals surface area contributed by atoms with E-state index in [1.165, 1.54) is 70.2 Å². The molecule has 0 bridgehead atoms. The molecule has 284 valence electrons. The van der Waals surface area contributed by atoms with Gasteiger partial charge in [0.2, 0.25) is 0 Å². The first-order valence-corrected chi connectivity index (χ1v) is 21.2. The van der Waals surface area contributed by atoms with Gasteiger partial charge in [-0.1, -0.05) is 172 Å². The average molecular weight is 779 g/mol. The summed E-state index contributed by atoms with van der Waals surface area (Å²) in [6, 6.07) is 67.9. The fourth-order valence-electron chi connectivity index (χ4n) is 9.13. The van der Waals surface area contributed by atoms with E-state index in [0.717, 1.165) is 28.2 Å². The van der Waals surface area contributed by atoms with Crippen molar-refractivity contribution < 1.29 is 0 Å². The molecule has 0 radical (unpaired) electrons. The van der Waals surface area contributed by atoms with Gasteiger partial charge in [0.1, 0.15) is 12.0 Å². The summed E-state index contributed by atoms with van der Waals surface area (Å²) in [5, 5.41) is 13.9. The first-order valence-electron chi connectivity index (χ1n) is 20.4.